The first-order valence-electron chi connectivity index (χ1n) is 8.44. The second-order valence-corrected chi connectivity index (χ2v) is 6.16. The lowest BCUT2D eigenvalue weighted by molar-refractivity contribution is 0.0910. The molecule has 0 saturated heterocycles. The maximum Gasteiger partial charge on any atom is 0.128 e. The molecule has 3 heteroatoms. The first-order chi connectivity index (χ1) is 10.2. The predicted octanol–water partition coefficient (Wildman–Crippen LogP) is 4.26. The van der Waals surface area contributed by atoms with Crippen molar-refractivity contribution in [2.75, 3.05) is 6.54 Å². The van der Waals surface area contributed by atoms with Crippen LogP contribution in [-0.4, -0.2) is 23.5 Å². The van der Waals surface area contributed by atoms with Gasteiger partial charge in [0.15, 0.2) is 0 Å². The van der Waals surface area contributed by atoms with Crippen molar-refractivity contribution in [3.63, 3.8) is 0 Å². The molecule has 118 valence electrons. The van der Waals surface area contributed by atoms with Crippen molar-refractivity contribution in [3.8, 4) is 0 Å². The third kappa shape index (κ3) is 3.83. The van der Waals surface area contributed by atoms with Gasteiger partial charge in [0.1, 0.15) is 5.82 Å². The minimum Gasteiger partial charge on any atom is -0.326 e. The molecule has 0 amide bonds. The van der Waals surface area contributed by atoms with Gasteiger partial charge in [-0.2, -0.15) is 0 Å². The number of nitrogens with zero attached hydrogens (tertiary/aromatic N) is 1. The summed E-state index contributed by atoms with van der Waals surface area (Å²) in [5.74, 6) is -0.124. The van der Waals surface area contributed by atoms with Crippen molar-refractivity contribution in [2.45, 2.75) is 70.5 Å². The van der Waals surface area contributed by atoms with Crippen LogP contribution in [0, 0.1) is 5.82 Å². The molecule has 1 aliphatic rings. The summed E-state index contributed by atoms with van der Waals surface area (Å²) in [7, 11) is 0. The van der Waals surface area contributed by atoms with E-state index < -0.39 is 0 Å². The average molecular weight is 292 g/mol. The normalized spacial score (nSPS) is 19.7. The van der Waals surface area contributed by atoms with E-state index >= 15 is 0 Å². The van der Waals surface area contributed by atoms with Gasteiger partial charge in [0, 0.05) is 17.6 Å². The molecule has 0 heterocycles. The molecule has 0 spiro atoms. The van der Waals surface area contributed by atoms with Gasteiger partial charge in [0.2, 0.25) is 0 Å². The Morgan fingerprint density at radius 1 is 1.19 bits per heavy atom. The van der Waals surface area contributed by atoms with E-state index in [-0.39, 0.29) is 17.9 Å². The summed E-state index contributed by atoms with van der Waals surface area (Å²) >= 11 is 0. The SMILES string of the molecule is CCC(N)C(c1ccccc1F)N(CC)C1CCCCC1. The van der Waals surface area contributed by atoms with Crippen LogP contribution in [0.2, 0.25) is 0 Å². The number of hydrogen-bond donors (Lipinski definition) is 1. The monoisotopic (exact) mass is 292 g/mol. The van der Waals surface area contributed by atoms with Gasteiger partial charge >= 0.3 is 0 Å². The lowest BCUT2D eigenvalue weighted by Gasteiger charge is -2.42. The molecule has 2 N–H and O–H groups in total. The zero-order valence-corrected chi connectivity index (χ0v) is 13.4. The lowest BCUT2D eigenvalue weighted by Crippen LogP contribution is -2.47. The van der Waals surface area contributed by atoms with Crippen molar-refractivity contribution in [2.24, 2.45) is 5.73 Å². The van der Waals surface area contributed by atoms with Crippen LogP contribution in [0.3, 0.4) is 0 Å². The molecule has 0 aliphatic heterocycles. The average Bonchev–Trinajstić information content (AvgIpc) is 2.53. The molecule has 21 heavy (non-hydrogen) atoms. The Morgan fingerprint density at radius 3 is 2.43 bits per heavy atom. The highest BCUT2D eigenvalue weighted by molar-refractivity contribution is 5.23. The summed E-state index contributed by atoms with van der Waals surface area (Å²) in [6, 6.07) is 7.65. The Labute approximate surface area is 128 Å². The molecule has 2 atom stereocenters. The third-order valence-corrected chi connectivity index (χ3v) is 4.87. The molecule has 0 aromatic heterocycles. The quantitative estimate of drug-likeness (QED) is 0.849. The molecule has 1 aliphatic carbocycles. The molecule has 0 radical (unpaired) electrons. The van der Waals surface area contributed by atoms with Crippen molar-refractivity contribution in [3.05, 3.63) is 35.6 Å². The van der Waals surface area contributed by atoms with Gasteiger partial charge in [-0.15, -0.1) is 0 Å². The number of hydrogen-bond acceptors (Lipinski definition) is 2. The summed E-state index contributed by atoms with van der Waals surface area (Å²) in [5.41, 5.74) is 7.16. The van der Waals surface area contributed by atoms with Crippen molar-refractivity contribution < 1.29 is 4.39 Å². The highest BCUT2D eigenvalue weighted by Gasteiger charge is 2.32. The van der Waals surface area contributed by atoms with Crippen LogP contribution in [0.15, 0.2) is 24.3 Å². The Balaban J connectivity index is 2.31. The molecule has 1 saturated carbocycles. The van der Waals surface area contributed by atoms with Crippen molar-refractivity contribution in [1.29, 1.82) is 0 Å². The fraction of sp³-hybridized carbons (Fsp3) is 0.667. The molecule has 1 fully saturated rings. The van der Waals surface area contributed by atoms with Gasteiger partial charge in [0.25, 0.3) is 0 Å². The van der Waals surface area contributed by atoms with E-state index in [2.05, 4.69) is 18.7 Å². The van der Waals surface area contributed by atoms with E-state index in [0.717, 1.165) is 18.5 Å². The number of nitrogens with two attached hydrogens (primary N) is 1. The number of benzene rings is 1. The zero-order chi connectivity index (χ0) is 15.2. The highest BCUT2D eigenvalue weighted by Crippen LogP contribution is 2.33. The fourth-order valence-corrected chi connectivity index (χ4v) is 3.69. The maximum atomic E-state index is 14.3. The van der Waals surface area contributed by atoms with Gasteiger partial charge in [-0.1, -0.05) is 51.3 Å². The topological polar surface area (TPSA) is 29.3 Å². The molecule has 2 rings (SSSR count). The molecule has 2 nitrogen and oxygen atoms in total. The second kappa shape index (κ2) is 7.90. The first-order valence-corrected chi connectivity index (χ1v) is 8.44. The van der Waals surface area contributed by atoms with Gasteiger partial charge < -0.3 is 5.73 Å². The summed E-state index contributed by atoms with van der Waals surface area (Å²) in [4.78, 5) is 2.45. The standard InChI is InChI=1S/C18H29FN2/c1-3-17(20)18(15-12-8-9-13-16(15)19)21(4-2)14-10-6-5-7-11-14/h8-9,12-14,17-18H,3-7,10-11,20H2,1-2H3. The van der Waals surface area contributed by atoms with E-state index in [1.54, 1.807) is 12.1 Å². The zero-order valence-electron chi connectivity index (χ0n) is 13.4. The van der Waals surface area contributed by atoms with E-state index in [1.807, 2.05) is 12.1 Å². The molecule has 1 aromatic carbocycles. The largest absolute Gasteiger partial charge is 0.326 e. The van der Waals surface area contributed by atoms with Crippen molar-refractivity contribution in [1.82, 2.24) is 4.90 Å². The summed E-state index contributed by atoms with van der Waals surface area (Å²) in [5, 5.41) is 0. The predicted molar refractivity (Wildman–Crippen MR) is 86.7 cm³/mol. The molecule has 2 unspecified atom stereocenters. The van der Waals surface area contributed by atoms with Gasteiger partial charge in [0.05, 0.1) is 6.04 Å². The number of likely N-dealkylation sites (N-methyl/N-ethyl adjacent to an activating group) is 1. The summed E-state index contributed by atoms with van der Waals surface area (Å²) in [6.07, 6.45) is 7.20. The maximum absolute atomic E-state index is 14.3. The number of rotatable bonds is 6. The highest BCUT2D eigenvalue weighted by atomic mass is 19.1. The Hall–Kier alpha value is -0.930. The lowest BCUT2D eigenvalue weighted by atomic mass is 9.89. The van der Waals surface area contributed by atoms with Gasteiger partial charge in [-0.05, 0) is 31.9 Å². The molecular weight excluding hydrogens is 263 g/mol. The Kier molecular flexibility index (Phi) is 6.19. The minimum absolute atomic E-state index is 0.00991. The van der Waals surface area contributed by atoms with E-state index in [9.17, 15) is 4.39 Å². The van der Waals surface area contributed by atoms with Gasteiger partial charge in [-0.3, -0.25) is 4.90 Å². The Bertz CT molecular complexity index is 429. The summed E-state index contributed by atoms with van der Waals surface area (Å²) < 4.78 is 14.3. The number of halogens is 1. The Morgan fingerprint density at radius 2 is 1.86 bits per heavy atom. The van der Waals surface area contributed by atoms with Crippen molar-refractivity contribution >= 4 is 0 Å². The van der Waals surface area contributed by atoms with Crippen LogP contribution in [0.5, 0.6) is 0 Å². The van der Waals surface area contributed by atoms with Crippen LogP contribution in [-0.2, 0) is 0 Å². The summed E-state index contributed by atoms with van der Waals surface area (Å²) in [6.45, 7) is 5.19. The molecule has 0 bridgehead atoms. The van der Waals surface area contributed by atoms with Gasteiger partial charge in [-0.25, -0.2) is 4.39 Å². The van der Waals surface area contributed by atoms with E-state index in [4.69, 9.17) is 5.73 Å². The van der Waals surface area contributed by atoms with Crippen LogP contribution in [0.4, 0.5) is 4.39 Å². The fourth-order valence-electron chi connectivity index (χ4n) is 3.69. The minimum atomic E-state index is -0.124. The second-order valence-electron chi connectivity index (χ2n) is 6.16. The molecular formula is C18H29FN2. The first kappa shape index (κ1) is 16.4. The van der Waals surface area contributed by atoms with E-state index in [1.165, 1.54) is 32.1 Å². The van der Waals surface area contributed by atoms with E-state index in [0.29, 0.717) is 6.04 Å². The van der Waals surface area contributed by atoms with Crippen LogP contribution in [0.1, 0.15) is 64.0 Å². The van der Waals surface area contributed by atoms with Crippen LogP contribution in [0.25, 0.3) is 0 Å². The smallest absolute Gasteiger partial charge is 0.128 e. The van der Waals surface area contributed by atoms with Crippen LogP contribution < -0.4 is 5.73 Å². The molecule has 1 aromatic rings. The van der Waals surface area contributed by atoms with Crippen LogP contribution >= 0.6 is 0 Å². The third-order valence-electron chi connectivity index (χ3n) is 4.87.